The topological polar surface area (TPSA) is 289 Å². The minimum absolute atomic E-state index is 0. The fraction of sp³-hybridized carbons (Fsp3) is 0.714. The van der Waals surface area contributed by atoms with Gasteiger partial charge < -0.3 is 59.3 Å². The van der Waals surface area contributed by atoms with Crippen LogP contribution in [0.15, 0.2) is 0 Å². The smallest absolute Gasteiger partial charge is 0.327 e. The molecule has 0 aromatic rings. The van der Waals surface area contributed by atoms with Crippen molar-refractivity contribution in [2.75, 3.05) is 52.9 Å². The Morgan fingerprint density at radius 3 is 0.727 bits per heavy atom. The first kappa shape index (κ1) is 49.8. The summed E-state index contributed by atoms with van der Waals surface area (Å²) in [6.45, 7) is 14.5. The van der Waals surface area contributed by atoms with Gasteiger partial charge in [-0.05, 0) is 0 Å². The predicted molar refractivity (Wildman–Crippen MR) is 105 cm³/mol. The van der Waals surface area contributed by atoms with Crippen LogP contribution in [0.25, 0.3) is 0 Å². The third-order valence-electron chi connectivity index (χ3n) is 2.98. The zero-order valence-electron chi connectivity index (χ0n) is 16.9. The molecule has 0 rings (SSSR count). The SMILES string of the molecule is OCC(CO)(CO)COP(O)O.OCC(CO)(CO)COP(O)O.[C]=O.[C]=O.[C]=O.[C]=O.[W]. The van der Waals surface area contributed by atoms with Crippen molar-refractivity contribution < 1.29 is 99.5 Å². The molecule has 0 unspecified atom stereocenters. The van der Waals surface area contributed by atoms with E-state index in [0.717, 1.165) is 0 Å². The summed E-state index contributed by atoms with van der Waals surface area (Å²) in [4.78, 5) is 63.4. The van der Waals surface area contributed by atoms with E-state index in [1.807, 2.05) is 0 Å². The van der Waals surface area contributed by atoms with Crippen molar-refractivity contribution in [3.05, 3.63) is 0 Å². The third-order valence-corrected chi connectivity index (χ3v) is 3.70. The molecule has 0 aliphatic carbocycles. The van der Waals surface area contributed by atoms with Gasteiger partial charge in [0.2, 0.25) is 0 Å². The van der Waals surface area contributed by atoms with E-state index < -0.39 is 67.7 Å². The molecule has 10 N–H and O–H groups in total. The van der Waals surface area contributed by atoms with E-state index in [1.54, 1.807) is 0 Å². The molecular weight excluding hydrogens is 670 g/mol. The van der Waals surface area contributed by atoms with Crippen molar-refractivity contribution in [2.45, 2.75) is 0 Å². The maximum Gasteiger partial charge on any atom is 0.327 e. The Hall–Kier alpha value is -0.252. The van der Waals surface area contributed by atoms with Gasteiger partial charge in [0.05, 0.1) is 63.7 Å². The summed E-state index contributed by atoms with van der Waals surface area (Å²) < 4.78 is 8.75. The molecule has 0 saturated heterocycles. The Morgan fingerprint density at radius 2 is 0.636 bits per heavy atom. The van der Waals surface area contributed by atoms with E-state index in [1.165, 1.54) is 0 Å². The van der Waals surface area contributed by atoms with Crippen LogP contribution in [-0.2, 0) is 49.3 Å². The van der Waals surface area contributed by atoms with E-state index in [2.05, 4.69) is 36.2 Å². The maximum absolute atomic E-state index is 8.73. The second-order valence-electron chi connectivity index (χ2n) is 5.00. The van der Waals surface area contributed by atoms with Crippen molar-refractivity contribution in [1.29, 1.82) is 0 Å². The average molecular weight is 696 g/mol. The molecule has 0 aromatic carbocycles. The van der Waals surface area contributed by atoms with Gasteiger partial charge in [-0.15, -0.1) is 0 Å². The van der Waals surface area contributed by atoms with Crippen LogP contribution >= 0.6 is 17.2 Å². The summed E-state index contributed by atoms with van der Waals surface area (Å²) in [5.74, 6) is 0. The first-order valence-electron chi connectivity index (χ1n) is 7.28. The van der Waals surface area contributed by atoms with Crippen molar-refractivity contribution >= 4 is 44.4 Å². The number of aliphatic hydroxyl groups excluding tert-OH is 6. The first-order chi connectivity index (χ1) is 15.2. The summed E-state index contributed by atoms with van der Waals surface area (Å²) in [5.41, 5.74) is -2.40. The van der Waals surface area contributed by atoms with E-state index in [4.69, 9.17) is 69.4 Å². The molecule has 194 valence electrons. The van der Waals surface area contributed by atoms with E-state index in [0.29, 0.717) is 0 Å². The maximum atomic E-state index is 8.73. The Balaban J connectivity index is -0.0000000612. The summed E-state index contributed by atoms with van der Waals surface area (Å²) >= 11 is 0. The normalized spacial score (nSPS) is 9.58. The number of aliphatic hydroxyl groups is 6. The van der Waals surface area contributed by atoms with Crippen LogP contribution < -0.4 is 0 Å². The molecule has 33 heavy (non-hydrogen) atoms. The summed E-state index contributed by atoms with van der Waals surface area (Å²) in [6.07, 6.45) is 0. The van der Waals surface area contributed by atoms with Crippen LogP contribution in [0.2, 0.25) is 0 Å². The minimum Gasteiger partial charge on any atom is -0.396 e. The van der Waals surface area contributed by atoms with Gasteiger partial charge in [-0.25, -0.2) is 0 Å². The average Bonchev–Trinajstić information content (AvgIpc) is 2.87. The van der Waals surface area contributed by atoms with E-state index in [9.17, 15) is 0 Å². The summed E-state index contributed by atoms with van der Waals surface area (Å²) in [7, 11) is -5.03. The number of hydrogen-bond acceptors (Lipinski definition) is 16. The van der Waals surface area contributed by atoms with E-state index in [-0.39, 0.29) is 34.3 Å². The summed E-state index contributed by atoms with van der Waals surface area (Å²) in [6, 6.07) is 0. The van der Waals surface area contributed by atoms with Gasteiger partial charge in [-0.2, -0.15) is 0 Å². The van der Waals surface area contributed by atoms with Crippen LogP contribution in [0.1, 0.15) is 0 Å². The van der Waals surface area contributed by atoms with Gasteiger partial charge in [-0.1, -0.05) is 0 Å². The standard InChI is InChI=1S/2C5H13O6P.4CO.W/c2*6-1-5(2-7,3-8)4-11-12(9)10;4*1-2;/h2*6-10H,1-4H2;;;;;. The molecule has 0 saturated carbocycles. The molecule has 16 nitrogen and oxygen atoms in total. The molecule has 0 aliphatic rings. The largest absolute Gasteiger partial charge is 0.396 e. The molecule has 8 radical (unpaired) electrons. The first-order valence-corrected chi connectivity index (χ1v) is 9.62. The van der Waals surface area contributed by atoms with Gasteiger partial charge in [0, 0.05) is 21.1 Å². The molecule has 0 aliphatic heterocycles. The predicted octanol–water partition coefficient (Wildman–Crippen LogP) is -5.24. The van der Waals surface area contributed by atoms with Crippen molar-refractivity contribution in [3.63, 3.8) is 0 Å². The molecule has 0 spiro atoms. The van der Waals surface area contributed by atoms with Crippen LogP contribution in [0, 0.1) is 10.8 Å². The molecule has 0 atom stereocenters. The number of rotatable bonds is 12. The Kier molecular flexibility index (Phi) is 58.8. The second-order valence-corrected chi connectivity index (χ2v) is 6.53. The Morgan fingerprint density at radius 1 is 0.485 bits per heavy atom. The fourth-order valence-corrected chi connectivity index (χ4v) is 1.74. The molecular formula is C14H26O16P2W. The van der Waals surface area contributed by atoms with Crippen molar-refractivity contribution in [3.8, 4) is 0 Å². The fourth-order valence-electron chi connectivity index (χ4n) is 0.963. The Labute approximate surface area is 207 Å². The molecule has 19 heteroatoms. The van der Waals surface area contributed by atoms with Crippen LogP contribution in [-0.4, -0.2) is 130 Å². The van der Waals surface area contributed by atoms with Gasteiger partial charge in [-0.3, -0.25) is 19.2 Å². The Bertz CT molecular complexity index is 299. The van der Waals surface area contributed by atoms with Crippen molar-refractivity contribution in [2.24, 2.45) is 10.8 Å². The molecule has 0 aromatic heterocycles. The van der Waals surface area contributed by atoms with Crippen LogP contribution in [0.5, 0.6) is 0 Å². The third kappa shape index (κ3) is 31.7. The second kappa shape index (κ2) is 39.0. The summed E-state index contributed by atoms with van der Waals surface area (Å²) in [5, 5.41) is 52.4. The van der Waals surface area contributed by atoms with Crippen LogP contribution in [0.4, 0.5) is 0 Å². The van der Waals surface area contributed by atoms with Gasteiger partial charge in [0.25, 0.3) is 27.2 Å². The molecule has 0 amide bonds. The van der Waals surface area contributed by atoms with E-state index >= 15 is 0 Å². The number of carbonyl (C=O) groups excluding carboxylic acids is 4. The quantitative estimate of drug-likeness (QED) is 0.0854. The molecule has 0 bridgehead atoms. The van der Waals surface area contributed by atoms with Gasteiger partial charge >= 0.3 is 17.2 Å². The van der Waals surface area contributed by atoms with Crippen LogP contribution in [0.3, 0.4) is 0 Å². The molecule has 0 heterocycles. The van der Waals surface area contributed by atoms with Gasteiger partial charge in [0.1, 0.15) is 0 Å². The zero-order valence-corrected chi connectivity index (χ0v) is 21.6. The molecule has 0 fully saturated rings. The zero-order chi connectivity index (χ0) is 27.2. The van der Waals surface area contributed by atoms with Gasteiger partial charge in [0.15, 0.2) is 0 Å². The van der Waals surface area contributed by atoms with Crippen molar-refractivity contribution in [1.82, 2.24) is 0 Å². The number of hydrogen-bond donors (Lipinski definition) is 10. The monoisotopic (exact) mass is 696 g/mol. The minimum atomic E-state index is -2.52.